The maximum Gasteiger partial charge on any atom is 0.329 e. The van der Waals surface area contributed by atoms with E-state index in [4.69, 9.17) is 22.1 Å². The number of ether oxygens (including phenoxy) is 1. The number of rotatable bonds is 7. The number of amides is 2. The van der Waals surface area contributed by atoms with Gasteiger partial charge in [-0.3, -0.25) is 0 Å². The molecule has 1 aromatic rings. The number of halogens is 1. The largest absolute Gasteiger partial charge is 0.459 e. The van der Waals surface area contributed by atoms with Gasteiger partial charge in [-0.05, 0) is 36.1 Å². The van der Waals surface area contributed by atoms with E-state index in [9.17, 15) is 9.59 Å². The number of nitrogens with two attached hydrogens (primary N) is 1. The second kappa shape index (κ2) is 8.71. The lowest BCUT2D eigenvalue weighted by Gasteiger charge is -2.16. The van der Waals surface area contributed by atoms with Crippen molar-refractivity contribution in [3.63, 3.8) is 0 Å². The fourth-order valence-electron chi connectivity index (χ4n) is 1.49. The summed E-state index contributed by atoms with van der Waals surface area (Å²) in [6.45, 7) is 0.131. The van der Waals surface area contributed by atoms with Crippen LogP contribution < -0.4 is 11.1 Å². The van der Waals surface area contributed by atoms with Crippen molar-refractivity contribution in [2.45, 2.75) is 19.1 Å². The number of primary amides is 1. The first-order valence-corrected chi connectivity index (χ1v) is 7.76. The molecule has 0 aromatic heterocycles. The van der Waals surface area contributed by atoms with Crippen LogP contribution in [0.1, 0.15) is 12.0 Å². The molecule has 0 saturated carbocycles. The first-order chi connectivity index (χ1) is 9.52. The first kappa shape index (κ1) is 16.7. The summed E-state index contributed by atoms with van der Waals surface area (Å²) in [5, 5.41) is 3.01. The Kier molecular flexibility index (Phi) is 7.25. The Morgan fingerprint density at radius 2 is 2.05 bits per heavy atom. The highest BCUT2D eigenvalue weighted by atomic mass is 35.5. The molecule has 20 heavy (non-hydrogen) atoms. The molecule has 5 nitrogen and oxygen atoms in total. The summed E-state index contributed by atoms with van der Waals surface area (Å²) in [4.78, 5) is 22.8. The van der Waals surface area contributed by atoms with Crippen LogP contribution in [0.5, 0.6) is 0 Å². The summed E-state index contributed by atoms with van der Waals surface area (Å²) in [6, 6.07) is 5.53. The van der Waals surface area contributed by atoms with E-state index in [2.05, 4.69) is 5.32 Å². The van der Waals surface area contributed by atoms with E-state index < -0.39 is 18.0 Å². The zero-order chi connectivity index (χ0) is 15.0. The monoisotopic (exact) mass is 316 g/mol. The number of thioether (sulfide) groups is 1. The number of nitrogens with one attached hydrogen (secondary N) is 1. The number of benzene rings is 1. The second-order valence-corrected chi connectivity index (χ2v) is 5.50. The van der Waals surface area contributed by atoms with E-state index in [-0.39, 0.29) is 6.61 Å². The molecule has 110 valence electrons. The number of urea groups is 1. The third-order valence-corrected chi connectivity index (χ3v) is 3.40. The quantitative estimate of drug-likeness (QED) is 0.755. The van der Waals surface area contributed by atoms with Gasteiger partial charge in [0.25, 0.3) is 0 Å². The highest BCUT2D eigenvalue weighted by Crippen LogP contribution is 2.11. The molecule has 0 bridgehead atoms. The maximum atomic E-state index is 11.9. The molecule has 2 amide bonds. The lowest BCUT2D eigenvalue weighted by Crippen LogP contribution is -2.44. The first-order valence-electron chi connectivity index (χ1n) is 5.99. The van der Waals surface area contributed by atoms with Crippen molar-refractivity contribution >= 4 is 35.4 Å². The van der Waals surface area contributed by atoms with Gasteiger partial charge in [0.2, 0.25) is 0 Å². The topological polar surface area (TPSA) is 81.4 Å². The van der Waals surface area contributed by atoms with Gasteiger partial charge < -0.3 is 15.8 Å². The molecule has 0 radical (unpaired) electrons. The van der Waals surface area contributed by atoms with Crippen molar-refractivity contribution in [3.8, 4) is 0 Å². The molecule has 0 aliphatic rings. The van der Waals surface area contributed by atoms with E-state index in [0.717, 1.165) is 11.3 Å². The third kappa shape index (κ3) is 6.16. The third-order valence-electron chi connectivity index (χ3n) is 2.51. The smallest absolute Gasteiger partial charge is 0.329 e. The molecule has 0 heterocycles. The second-order valence-electron chi connectivity index (χ2n) is 4.08. The Morgan fingerprint density at radius 3 is 2.60 bits per heavy atom. The SMILES string of the molecule is CSCC[C@@H](NC(N)=O)C(=O)OCc1ccc(Cl)cc1. The van der Waals surface area contributed by atoms with Crippen LogP contribution in [0.3, 0.4) is 0 Å². The molecular formula is C13H17ClN2O3S. The number of esters is 1. The summed E-state index contributed by atoms with van der Waals surface area (Å²) in [7, 11) is 0. The molecule has 0 aliphatic heterocycles. The maximum absolute atomic E-state index is 11.9. The summed E-state index contributed by atoms with van der Waals surface area (Å²) in [5.74, 6) is 0.230. The Morgan fingerprint density at radius 1 is 1.40 bits per heavy atom. The van der Waals surface area contributed by atoms with Crippen LogP contribution in [-0.2, 0) is 16.1 Å². The Balaban J connectivity index is 2.51. The van der Waals surface area contributed by atoms with Crippen molar-refractivity contribution < 1.29 is 14.3 Å². The van der Waals surface area contributed by atoms with Crippen LogP contribution in [0.15, 0.2) is 24.3 Å². The van der Waals surface area contributed by atoms with Crippen molar-refractivity contribution in [1.82, 2.24) is 5.32 Å². The van der Waals surface area contributed by atoms with Gasteiger partial charge in [0, 0.05) is 5.02 Å². The summed E-state index contributed by atoms with van der Waals surface area (Å²) in [6.07, 6.45) is 2.39. The van der Waals surface area contributed by atoms with Crippen LogP contribution in [0.4, 0.5) is 4.79 Å². The van der Waals surface area contributed by atoms with E-state index in [1.54, 1.807) is 36.0 Å². The van der Waals surface area contributed by atoms with Gasteiger partial charge in [0.15, 0.2) is 0 Å². The van der Waals surface area contributed by atoms with Crippen molar-refractivity contribution in [2.24, 2.45) is 5.73 Å². The molecule has 7 heteroatoms. The minimum atomic E-state index is -0.737. The van der Waals surface area contributed by atoms with Gasteiger partial charge in [-0.25, -0.2) is 9.59 Å². The Hall–Kier alpha value is -1.40. The van der Waals surface area contributed by atoms with Crippen LogP contribution >= 0.6 is 23.4 Å². The highest BCUT2D eigenvalue weighted by Gasteiger charge is 2.20. The van der Waals surface area contributed by atoms with E-state index >= 15 is 0 Å². The van der Waals surface area contributed by atoms with Crippen LogP contribution in [0.25, 0.3) is 0 Å². The van der Waals surface area contributed by atoms with Crippen molar-refractivity contribution in [3.05, 3.63) is 34.9 Å². The normalized spacial score (nSPS) is 11.7. The molecule has 0 fully saturated rings. The predicted molar refractivity (Wildman–Crippen MR) is 80.8 cm³/mol. The van der Waals surface area contributed by atoms with E-state index in [1.165, 1.54) is 0 Å². The van der Waals surface area contributed by atoms with Crippen molar-refractivity contribution in [2.75, 3.05) is 12.0 Å². The van der Waals surface area contributed by atoms with Gasteiger partial charge in [0.05, 0.1) is 0 Å². The molecule has 1 aromatic carbocycles. The minimum Gasteiger partial charge on any atom is -0.459 e. The highest BCUT2D eigenvalue weighted by molar-refractivity contribution is 7.98. The van der Waals surface area contributed by atoms with Gasteiger partial charge in [-0.15, -0.1) is 0 Å². The van der Waals surface area contributed by atoms with Crippen molar-refractivity contribution in [1.29, 1.82) is 0 Å². The molecule has 3 N–H and O–H groups in total. The lowest BCUT2D eigenvalue weighted by atomic mass is 10.2. The number of hydrogen-bond donors (Lipinski definition) is 2. The standard InChI is InChI=1S/C13H17ClN2O3S/c1-20-7-6-11(16-13(15)18)12(17)19-8-9-2-4-10(14)5-3-9/h2-5,11H,6-8H2,1H3,(H3,15,16,18)/t11-/m1/s1. The molecule has 0 saturated heterocycles. The van der Waals surface area contributed by atoms with Crippen LogP contribution in [0.2, 0.25) is 5.02 Å². The molecule has 0 spiro atoms. The van der Waals surface area contributed by atoms with Gasteiger partial charge in [-0.2, -0.15) is 11.8 Å². The summed E-state index contributed by atoms with van der Waals surface area (Å²) < 4.78 is 5.17. The van der Waals surface area contributed by atoms with Crippen LogP contribution in [0, 0.1) is 0 Å². The molecule has 1 atom stereocenters. The lowest BCUT2D eigenvalue weighted by molar-refractivity contribution is -0.147. The Labute approximate surface area is 127 Å². The van der Waals surface area contributed by atoms with Gasteiger partial charge in [0.1, 0.15) is 12.6 Å². The van der Waals surface area contributed by atoms with Gasteiger partial charge >= 0.3 is 12.0 Å². The predicted octanol–water partition coefficient (Wildman–Crippen LogP) is 2.17. The summed E-state index contributed by atoms with van der Waals surface area (Å²) >= 11 is 7.34. The van der Waals surface area contributed by atoms with E-state index in [1.807, 2.05) is 6.26 Å². The molecule has 1 rings (SSSR count). The average Bonchev–Trinajstić information content (AvgIpc) is 2.42. The van der Waals surface area contributed by atoms with E-state index in [0.29, 0.717) is 11.4 Å². The zero-order valence-corrected chi connectivity index (χ0v) is 12.7. The fraction of sp³-hybridized carbons (Fsp3) is 0.385. The zero-order valence-electron chi connectivity index (χ0n) is 11.1. The summed E-state index contributed by atoms with van der Waals surface area (Å²) in [5.41, 5.74) is 5.87. The number of carbonyl (C=O) groups excluding carboxylic acids is 2. The number of hydrogen-bond acceptors (Lipinski definition) is 4. The minimum absolute atomic E-state index is 0.131. The Bertz CT molecular complexity index is 453. The molecular weight excluding hydrogens is 300 g/mol. The van der Waals surface area contributed by atoms with Crippen LogP contribution in [-0.4, -0.2) is 30.1 Å². The number of carbonyl (C=O) groups is 2. The average molecular weight is 317 g/mol. The molecule has 0 unspecified atom stereocenters. The molecule has 0 aliphatic carbocycles. The fourth-order valence-corrected chi connectivity index (χ4v) is 2.09. The van der Waals surface area contributed by atoms with Gasteiger partial charge in [-0.1, -0.05) is 23.7 Å².